The number of hydrogen-bond donors (Lipinski definition) is 2. The topological polar surface area (TPSA) is 52.6 Å². The number of nitrogens with one attached hydrogen (secondary N) is 1. The van der Waals surface area contributed by atoms with Gasteiger partial charge in [0.15, 0.2) is 0 Å². The quantitative estimate of drug-likeness (QED) is 0.784. The Labute approximate surface area is 144 Å². The maximum Gasteiger partial charge on any atom is 0.251 e. The van der Waals surface area contributed by atoms with Crippen LogP contribution in [0.2, 0.25) is 0 Å². The van der Waals surface area contributed by atoms with Gasteiger partial charge < -0.3 is 15.3 Å². The number of anilines is 1. The smallest absolute Gasteiger partial charge is 0.251 e. The summed E-state index contributed by atoms with van der Waals surface area (Å²) in [5.74, 6) is 0.0326. The number of aliphatic hydroxyl groups is 1. The molecular weight excluding hydrogens is 300 g/mol. The molecule has 0 fully saturated rings. The zero-order chi connectivity index (χ0) is 17.4. The first-order valence-electron chi connectivity index (χ1n) is 8.41. The van der Waals surface area contributed by atoms with Crippen LogP contribution in [-0.4, -0.2) is 37.8 Å². The summed E-state index contributed by atoms with van der Waals surface area (Å²) in [5, 5.41) is 12.3. The minimum absolute atomic E-state index is 0.0837. The van der Waals surface area contributed by atoms with Crippen LogP contribution in [0, 0.1) is 0 Å². The summed E-state index contributed by atoms with van der Waals surface area (Å²) in [6.07, 6.45) is 0.629. The molecular formula is C20H26N2O2. The van der Waals surface area contributed by atoms with Crippen molar-refractivity contribution in [3.8, 4) is 0 Å². The molecule has 4 nitrogen and oxygen atoms in total. The molecule has 0 aromatic heterocycles. The van der Waals surface area contributed by atoms with Crippen LogP contribution in [-0.2, 0) is 0 Å². The Kier molecular flexibility index (Phi) is 6.82. The van der Waals surface area contributed by atoms with E-state index in [-0.39, 0.29) is 18.4 Å². The number of carbonyl (C=O) groups excluding carboxylic acids is 1. The molecule has 1 atom stereocenters. The molecule has 0 saturated heterocycles. The van der Waals surface area contributed by atoms with Gasteiger partial charge in [-0.3, -0.25) is 4.79 Å². The van der Waals surface area contributed by atoms with Gasteiger partial charge in [-0.25, -0.2) is 0 Å². The maximum absolute atomic E-state index is 12.3. The highest BCUT2D eigenvalue weighted by Gasteiger charge is 2.13. The van der Waals surface area contributed by atoms with E-state index in [1.807, 2.05) is 61.6 Å². The Morgan fingerprint density at radius 1 is 1.12 bits per heavy atom. The minimum Gasteiger partial charge on any atom is -0.396 e. The minimum atomic E-state index is -0.0837. The number of rotatable bonds is 8. The highest BCUT2D eigenvalue weighted by atomic mass is 16.3. The number of carbonyl (C=O) groups is 1. The Hall–Kier alpha value is -2.33. The van der Waals surface area contributed by atoms with E-state index in [0.717, 1.165) is 17.8 Å². The van der Waals surface area contributed by atoms with E-state index in [0.29, 0.717) is 18.5 Å². The van der Waals surface area contributed by atoms with Crippen LogP contribution in [0.5, 0.6) is 0 Å². The zero-order valence-electron chi connectivity index (χ0n) is 14.4. The van der Waals surface area contributed by atoms with E-state index < -0.39 is 0 Å². The third-order valence-corrected chi connectivity index (χ3v) is 4.30. The van der Waals surface area contributed by atoms with Crippen molar-refractivity contribution in [1.29, 1.82) is 0 Å². The van der Waals surface area contributed by atoms with Gasteiger partial charge in [0.25, 0.3) is 5.91 Å². The first kappa shape index (κ1) is 18.0. The van der Waals surface area contributed by atoms with Gasteiger partial charge in [0.05, 0.1) is 0 Å². The van der Waals surface area contributed by atoms with Gasteiger partial charge in [-0.2, -0.15) is 0 Å². The molecule has 0 aliphatic carbocycles. The number of hydrogen-bond acceptors (Lipinski definition) is 3. The average Bonchev–Trinajstić information content (AvgIpc) is 2.65. The second-order valence-corrected chi connectivity index (χ2v) is 5.89. The molecule has 0 bridgehead atoms. The molecule has 2 aromatic carbocycles. The lowest BCUT2D eigenvalue weighted by Gasteiger charge is -2.18. The van der Waals surface area contributed by atoms with Gasteiger partial charge in [0.2, 0.25) is 0 Å². The Morgan fingerprint density at radius 3 is 2.38 bits per heavy atom. The normalized spacial score (nSPS) is 11.8. The van der Waals surface area contributed by atoms with Crippen molar-refractivity contribution >= 4 is 11.6 Å². The maximum atomic E-state index is 12.3. The first-order valence-corrected chi connectivity index (χ1v) is 8.41. The van der Waals surface area contributed by atoms with Crippen molar-refractivity contribution in [2.24, 2.45) is 0 Å². The van der Waals surface area contributed by atoms with Crippen LogP contribution in [0.25, 0.3) is 0 Å². The fourth-order valence-electron chi connectivity index (χ4n) is 2.64. The fraction of sp³-hybridized carbons (Fsp3) is 0.350. The lowest BCUT2D eigenvalue weighted by molar-refractivity contribution is 0.0949. The van der Waals surface area contributed by atoms with Crippen molar-refractivity contribution < 1.29 is 9.90 Å². The molecule has 0 heterocycles. The summed E-state index contributed by atoms with van der Waals surface area (Å²) in [5.41, 5.74) is 2.88. The molecule has 2 N–H and O–H groups in total. The van der Waals surface area contributed by atoms with Crippen LogP contribution in [0.3, 0.4) is 0 Å². The number of nitrogens with zero attached hydrogens (tertiary/aromatic N) is 1. The van der Waals surface area contributed by atoms with Crippen molar-refractivity contribution in [2.45, 2.75) is 19.3 Å². The molecule has 1 unspecified atom stereocenters. The standard InChI is InChI=1S/C20H26N2O2/c1-3-22(2)19-11-9-17(10-12-19)20(24)21-15-18(13-14-23)16-7-5-4-6-8-16/h4-12,18,23H,3,13-15H2,1-2H3,(H,21,24). The third-order valence-electron chi connectivity index (χ3n) is 4.30. The van der Waals surface area contributed by atoms with Crippen molar-refractivity contribution in [3.05, 3.63) is 65.7 Å². The lowest BCUT2D eigenvalue weighted by Crippen LogP contribution is -2.29. The molecule has 0 radical (unpaired) electrons. The lowest BCUT2D eigenvalue weighted by atomic mass is 9.96. The predicted molar refractivity (Wildman–Crippen MR) is 98.6 cm³/mol. The van der Waals surface area contributed by atoms with Crippen LogP contribution in [0.1, 0.15) is 35.2 Å². The van der Waals surface area contributed by atoms with E-state index in [2.05, 4.69) is 17.1 Å². The molecule has 0 aliphatic heterocycles. The second kappa shape index (κ2) is 9.08. The van der Waals surface area contributed by atoms with Crippen LogP contribution in [0.4, 0.5) is 5.69 Å². The SMILES string of the molecule is CCN(C)c1ccc(C(=O)NCC(CCO)c2ccccc2)cc1. The van der Waals surface area contributed by atoms with Crippen LogP contribution in [0.15, 0.2) is 54.6 Å². The van der Waals surface area contributed by atoms with Crippen molar-refractivity contribution in [3.63, 3.8) is 0 Å². The van der Waals surface area contributed by atoms with E-state index in [9.17, 15) is 9.90 Å². The van der Waals surface area contributed by atoms with Gasteiger partial charge in [0.1, 0.15) is 0 Å². The largest absolute Gasteiger partial charge is 0.396 e. The van der Waals surface area contributed by atoms with Crippen molar-refractivity contribution in [1.82, 2.24) is 5.32 Å². The molecule has 0 saturated carbocycles. The second-order valence-electron chi connectivity index (χ2n) is 5.89. The highest BCUT2D eigenvalue weighted by molar-refractivity contribution is 5.94. The Morgan fingerprint density at radius 2 is 1.79 bits per heavy atom. The molecule has 4 heteroatoms. The number of aliphatic hydroxyl groups excluding tert-OH is 1. The predicted octanol–water partition coefficient (Wildman–Crippen LogP) is 3.04. The molecule has 1 amide bonds. The summed E-state index contributed by atoms with van der Waals surface area (Å²) < 4.78 is 0. The van der Waals surface area contributed by atoms with Crippen LogP contribution < -0.4 is 10.2 Å². The molecule has 2 aromatic rings. The average molecular weight is 326 g/mol. The van der Waals surface area contributed by atoms with Crippen molar-refractivity contribution in [2.75, 3.05) is 31.6 Å². The Balaban J connectivity index is 1.98. The fourth-order valence-corrected chi connectivity index (χ4v) is 2.64. The van der Waals surface area contributed by atoms with Gasteiger partial charge in [-0.15, -0.1) is 0 Å². The van der Waals surface area contributed by atoms with Crippen LogP contribution >= 0.6 is 0 Å². The van der Waals surface area contributed by atoms with Gasteiger partial charge in [-0.1, -0.05) is 30.3 Å². The summed E-state index contributed by atoms with van der Waals surface area (Å²) in [6.45, 7) is 3.63. The van der Waals surface area contributed by atoms with Gasteiger partial charge in [0, 0.05) is 43.9 Å². The summed E-state index contributed by atoms with van der Waals surface area (Å²) in [6, 6.07) is 17.6. The van der Waals surface area contributed by atoms with Gasteiger partial charge >= 0.3 is 0 Å². The molecule has 0 aliphatic rings. The Bertz CT molecular complexity index is 626. The molecule has 128 valence electrons. The number of amides is 1. The monoisotopic (exact) mass is 326 g/mol. The summed E-state index contributed by atoms with van der Waals surface area (Å²) >= 11 is 0. The van der Waals surface area contributed by atoms with E-state index in [1.165, 1.54) is 0 Å². The molecule has 24 heavy (non-hydrogen) atoms. The summed E-state index contributed by atoms with van der Waals surface area (Å²) in [4.78, 5) is 14.5. The summed E-state index contributed by atoms with van der Waals surface area (Å²) in [7, 11) is 2.02. The molecule has 2 rings (SSSR count). The van der Waals surface area contributed by atoms with E-state index in [1.54, 1.807) is 0 Å². The number of benzene rings is 2. The van der Waals surface area contributed by atoms with Gasteiger partial charge in [-0.05, 0) is 43.2 Å². The highest BCUT2D eigenvalue weighted by Crippen LogP contribution is 2.19. The zero-order valence-corrected chi connectivity index (χ0v) is 14.4. The van der Waals surface area contributed by atoms with E-state index in [4.69, 9.17) is 0 Å². The van der Waals surface area contributed by atoms with E-state index >= 15 is 0 Å². The third kappa shape index (κ3) is 4.83. The molecule has 0 spiro atoms. The first-order chi connectivity index (χ1) is 11.7.